The van der Waals surface area contributed by atoms with E-state index < -0.39 is 0 Å². The van der Waals surface area contributed by atoms with Crippen molar-refractivity contribution in [2.75, 3.05) is 0 Å². The van der Waals surface area contributed by atoms with Crippen molar-refractivity contribution in [1.29, 1.82) is 0 Å². The smallest absolute Gasteiger partial charge is 0.268 e. The van der Waals surface area contributed by atoms with Crippen LogP contribution in [-0.2, 0) is 6.54 Å². The summed E-state index contributed by atoms with van der Waals surface area (Å²) in [5.74, 6) is 0.895. The number of fused-ring (bicyclic) bond motifs is 1. The topological polar surface area (TPSA) is 73.8 Å². The van der Waals surface area contributed by atoms with Gasteiger partial charge in [-0.2, -0.15) is 4.98 Å². The Hall–Kier alpha value is -2.32. The zero-order valence-electron chi connectivity index (χ0n) is 11.6. The summed E-state index contributed by atoms with van der Waals surface area (Å²) in [7, 11) is 0. The van der Waals surface area contributed by atoms with E-state index in [4.69, 9.17) is 4.52 Å². The van der Waals surface area contributed by atoms with Crippen LogP contribution in [0.4, 0.5) is 0 Å². The van der Waals surface area contributed by atoms with Gasteiger partial charge in [-0.1, -0.05) is 27.2 Å². The zero-order chi connectivity index (χ0) is 15.8. The summed E-state index contributed by atoms with van der Waals surface area (Å²) in [6, 6.07) is 9.23. The minimum Gasteiger partial charge on any atom is -0.333 e. The van der Waals surface area contributed by atoms with Gasteiger partial charge < -0.3 is 4.52 Å². The molecule has 23 heavy (non-hydrogen) atoms. The Labute approximate surface area is 142 Å². The highest BCUT2D eigenvalue weighted by Crippen LogP contribution is 2.22. The highest BCUT2D eigenvalue weighted by Gasteiger charge is 2.12. The minimum absolute atomic E-state index is 0.140. The molecule has 4 aromatic rings. The van der Waals surface area contributed by atoms with Crippen molar-refractivity contribution < 1.29 is 4.52 Å². The van der Waals surface area contributed by atoms with Crippen molar-refractivity contribution >= 4 is 38.2 Å². The Bertz CT molecular complexity index is 1040. The maximum Gasteiger partial charge on any atom is 0.268 e. The van der Waals surface area contributed by atoms with Gasteiger partial charge in [-0.25, -0.2) is 4.98 Å². The SMILES string of the molecule is O=c1c2cc(Br)ccc2ncn1Cc1noc(-c2cccs2)n1. The van der Waals surface area contributed by atoms with E-state index in [0.29, 0.717) is 22.6 Å². The first kappa shape index (κ1) is 14.3. The summed E-state index contributed by atoms with van der Waals surface area (Å²) in [6.45, 7) is 0.211. The average Bonchev–Trinajstić information content (AvgIpc) is 3.22. The van der Waals surface area contributed by atoms with Crippen molar-refractivity contribution in [1.82, 2.24) is 19.7 Å². The molecule has 0 aliphatic carbocycles. The molecule has 8 heteroatoms. The summed E-state index contributed by atoms with van der Waals surface area (Å²) >= 11 is 4.89. The molecule has 0 bridgehead atoms. The lowest BCUT2D eigenvalue weighted by Gasteiger charge is -2.03. The van der Waals surface area contributed by atoms with Gasteiger partial charge in [0.2, 0.25) is 0 Å². The highest BCUT2D eigenvalue weighted by molar-refractivity contribution is 9.10. The average molecular weight is 389 g/mol. The number of benzene rings is 1. The number of hydrogen-bond acceptors (Lipinski definition) is 6. The summed E-state index contributed by atoms with van der Waals surface area (Å²) in [5.41, 5.74) is 0.514. The standard InChI is InChI=1S/C15H9BrN4O2S/c16-9-3-4-11-10(6-9)15(21)20(8-17-11)7-13-18-14(22-19-13)12-2-1-5-23-12/h1-6,8H,7H2. The second kappa shape index (κ2) is 5.71. The lowest BCUT2D eigenvalue weighted by molar-refractivity contribution is 0.421. The van der Waals surface area contributed by atoms with E-state index in [1.807, 2.05) is 23.6 Å². The van der Waals surface area contributed by atoms with E-state index >= 15 is 0 Å². The number of rotatable bonds is 3. The molecule has 0 unspecified atom stereocenters. The Kier molecular flexibility index (Phi) is 3.55. The van der Waals surface area contributed by atoms with Crippen molar-refractivity contribution in [3.63, 3.8) is 0 Å². The molecular formula is C15H9BrN4O2S. The van der Waals surface area contributed by atoms with Crippen LogP contribution in [0, 0.1) is 0 Å². The third kappa shape index (κ3) is 2.71. The van der Waals surface area contributed by atoms with E-state index in [0.717, 1.165) is 9.35 Å². The molecule has 0 aliphatic rings. The number of thiophene rings is 1. The van der Waals surface area contributed by atoms with Gasteiger partial charge in [-0.3, -0.25) is 9.36 Å². The van der Waals surface area contributed by atoms with Crippen LogP contribution in [0.3, 0.4) is 0 Å². The van der Waals surface area contributed by atoms with E-state index in [-0.39, 0.29) is 12.1 Å². The largest absolute Gasteiger partial charge is 0.333 e. The van der Waals surface area contributed by atoms with Gasteiger partial charge in [-0.15, -0.1) is 11.3 Å². The van der Waals surface area contributed by atoms with Crippen LogP contribution in [-0.4, -0.2) is 19.7 Å². The Balaban J connectivity index is 1.70. The fraction of sp³-hybridized carbons (Fsp3) is 0.0667. The van der Waals surface area contributed by atoms with Crippen LogP contribution in [0.15, 0.2) is 55.8 Å². The summed E-state index contributed by atoms with van der Waals surface area (Å²) in [6.07, 6.45) is 1.50. The molecular weight excluding hydrogens is 380 g/mol. The van der Waals surface area contributed by atoms with Crippen LogP contribution in [0.5, 0.6) is 0 Å². The fourth-order valence-corrected chi connectivity index (χ4v) is 3.22. The van der Waals surface area contributed by atoms with Crippen molar-refractivity contribution in [2.24, 2.45) is 0 Å². The quantitative estimate of drug-likeness (QED) is 0.538. The summed E-state index contributed by atoms with van der Waals surface area (Å²) in [4.78, 5) is 22.1. The molecule has 0 saturated carbocycles. The second-order valence-electron chi connectivity index (χ2n) is 4.83. The zero-order valence-corrected chi connectivity index (χ0v) is 14.0. The van der Waals surface area contributed by atoms with Gasteiger partial charge in [-0.05, 0) is 29.6 Å². The lowest BCUT2D eigenvalue weighted by atomic mass is 10.2. The maximum absolute atomic E-state index is 12.5. The summed E-state index contributed by atoms with van der Waals surface area (Å²) < 4.78 is 7.54. The Morgan fingerprint density at radius 2 is 2.22 bits per heavy atom. The summed E-state index contributed by atoms with van der Waals surface area (Å²) in [5, 5.41) is 6.41. The van der Waals surface area contributed by atoms with Gasteiger partial charge in [0, 0.05) is 4.47 Å². The monoisotopic (exact) mass is 388 g/mol. The molecule has 0 saturated heterocycles. The first-order chi connectivity index (χ1) is 11.2. The van der Waals surface area contributed by atoms with Gasteiger partial charge in [0.25, 0.3) is 11.4 Å². The first-order valence-electron chi connectivity index (χ1n) is 6.72. The molecule has 0 fully saturated rings. The molecule has 4 rings (SSSR count). The van der Waals surface area contributed by atoms with Gasteiger partial charge in [0.05, 0.1) is 28.7 Å². The van der Waals surface area contributed by atoms with E-state index in [1.54, 1.807) is 12.1 Å². The predicted molar refractivity (Wildman–Crippen MR) is 90.4 cm³/mol. The number of nitrogens with zero attached hydrogens (tertiary/aromatic N) is 4. The van der Waals surface area contributed by atoms with Gasteiger partial charge in [0.15, 0.2) is 5.82 Å². The van der Waals surface area contributed by atoms with Crippen LogP contribution >= 0.6 is 27.3 Å². The second-order valence-corrected chi connectivity index (χ2v) is 6.70. The van der Waals surface area contributed by atoms with Crippen LogP contribution in [0.2, 0.25) is 0 Å². The fourth-order valence-electron chi connectivity index (χ4n) is 2.21. The molecule has 114 valence electrons. The van der Waals surface area contributed by atoms with E-state index in [2.05, 4.69) is 31.1 Å². The van der Waals surface area contributed by atoms with Crippen molar-refractivity contribution in [3.8, 4) is 10.8 Å². The Morgan fingerprint density at radius 3 is 3.04 bits per heavy atom. The molecule has 0 spiro atoms. The Morgan fingerprint density at radius 1 is 1.30 bits per heavy atom. The third-order valence-electron chi connectivity index (χ3n) is 3.30. The maximum atomic E-state index is 12.5. The lowest BCUT2D eigenvalue weighted by Crippen LogP contribution is -2.21. The number of aromatic nitrogens is 4. The molecule has 0 atom stereocenters. The third-order valence-corrected chi connectivity index (χ3v) is 4.65. The van der Waals surface area contributed by atoms with Gasteiger partial charge >= 0.3 is 0 Å². The van der Waals surface area contributed by atoms with Crippen molar-refractivity contribution in [2.45, 2.75) is 6.54 Å². The normalized spacial score (nSPS) is 11.2. The minimum atomic E-state index is -0.140. The molecule has 3 heterocycles. The predicted octanol–water partition coefficient (Wildman–Crippen LogP) is 3.32. The molecule has 0 amide bonds. The molecule has 3 aromatic heterocycles. The van der Waals surface area contributed by atoms with Crippen LogP contribution in [0.1, 0.15) is 5.82 Å². The highest BCUT2D eigenvalue weighted by atomic mass is 79.9. The van der Waals surface area contributed by atoms with E-state index in [1.165, 1.54) is 22.2 Å². The van der Waals surface area contributed by atoms with Crippen molar-refractivity contribution in [3.05, 3.63) is 62.7 Å². The van der Waals surface area contributed by atoms with Crippen LogP contribution < -0.4 is 5.56 Å². The molecule has 6 nitrogen and oxygen atoms in total. The van der Waals surface area contributed by atoms with E-state index in [9.17, 15) is 4.79 Å². The number of halogens is 1. The molecule has 0 aliphatic heterocycles. The first-order valence-corrected chi connectivity index (χ1v) is 8.39. The molecule has 1 aromatic carbocycles. The van der Waals surface area contributed by atoms with Crippen LogP contribution in [0.25, 0.3) is 21.7 Å². The molecule has 0 radical (unpaired) electrons. The molecule has 0 N–H and O–H groups in total. The number of hydrogen-bond donors (Lipinski definition) is 0. The van der Waals surface area contributed by atoms with Gasteiger partial charge in [0.1, 0.15) is 0 Å².